The van der Waals surface area contributed by atoms with Gasteiger partial charge in [0.05, 0.1) is 11.0 Å². The van der Waals surface area contributed by atoms with Crippen LogP contribution in [-0.2, 0) is 24.4 Å². The molecule has 0 saturated carbocycles. The van der Waals surface area contributed by atoms with Gasteiger partial charge in [0.25, 0.3) is 0 Å². The van der Waals surface area contributed by atoms with Crippen LogP contribution in [0.1, 0.15) is 28.9 Å². The third-order valence-electron chi connectivity index (χ3n) is 6.14. The lowest BCUT2D eigenvalue weighted by Gasteiger charge is -2.29. The third kappa shape index (κ3) is 3.86. The number of carbonyl (C=O) groups is 1. The van der Waals surface area contributed by atoms with Crippen molar-refractivity contribution in [2.75, 3.05) is 11.4 Å². The monoisotopic (exact) mass is 425 g/mol. The van der Waals surface area contributed by atoms with Crippen molar-refractivity contribution in [3.05, 3.63) is 89.2 Å². The Hall–Kier alpha value is -3.60. The molecule has 5 nitrogen and oxygen atoms in total. The SMILES string of the molecule is Cc1ccc(C)c(OCc2nc3ccccc3n2CC(=O)N2CCCc3ccccc32)c1. The Labute approximate surface area is 188 Å². The number of imidazole rings is 1. The van der Waals surface area contributed by atoms with E-state index in [0.29, 0.717) is 6.61 Å². The van der Waals surface area contributed by atoms with Crippen molar-refractivity contribution < 1.29 is 9.53 Å². The maximum Gasteiger partial charge on any atom is 0.246 e. The summed E-state index contributed by atoms with van der Waals surface area (Å²) in [6, 6.07) is 22.3. The van der Waals surface area contributed by atoms with Gasteiger partial charge in [0.1, 0.15) is 24.7 Å². The maximum absolute atomic E-state index is 13.4. The van der Waals surface area contributed by atoms with Gasteiger partial charge in [-0.3, -0.25) is 4.79 Å². The van der Waals surface area contributed by atoms with E-state index in [1.54, 1.807) is 0 Å². The molecular weight excluding hydrogens is 398 g/mol. The number of aryl methyl sites for hydroxylation is 3. The largest absolute Gasteiger partial charge is 0.485 e. The number of amides is 1. The van der Waals surface area contributed by atoms with E-state index in [4.69, 9.17) is 9.72 Å². The summed E-state index contributed by atoms with van der Waals surface area (Å²) in [7, 11) is 0. The van der Waals surface area contributed by atoms with Crippen LogP contribution in [-0.4, -0.2) is 22.0 Å². The molecule has 0 radical (unpaired) electrons. The van der Waals surface area contributed by atoms with Crippen molar-refractivity contribution in [1.29, 1.82) is 0 Å². The van der Waals surface area contributed by atoms with E-state index in [1.165, 1.54) is 5.56 Å². The number of rotatable bonds is 5. The zero-order valence-corrected chi connectivity index (χ0v) is 18.5. The third-order valence-corrected chi connectivity index (χ3v) is 6.14. The van der Waals surface area contributed by atoms with Crippen LogP contribution in [0.2, 0.25) is 0 Å². The van der Waals surface area contributed by atoms with Crippen molar-refractivity contribution in [3.8, 4) is 5.75 Å². The molecule has 0 bridgehead atoms. The molecule has 5 heteroatoms. The average Bonchev–Trinajstić information content (AvgIpc) is 3.16. The molecule has 0 N–H and O–H groups in total. The number of anilines is 1. The van der Waals surface area contributed by atoms with E-state index < -0.39 is 0 Å². The summed E-state index contributed by atoms with van der Waals surface area (Å²) < 4.78 is 8.15. The minimum absolute atomic E-state index is 0.0771. The van der Waals surface area contributed by atoms with Gasteiger partial charge in [-0.2, -0.15) is 0 Å². The summed E-state index contributed by atoms with van der Waals surface area (Å²) in [5, 5.41) is 0. The first-order valence-corrected chi connectivity index (χ1v) is 11.1. The quantitative estimate of drug-likeness (QED) is 0.441. The van der Waals surface area contributed by atoms with Crippen LogP contribution < -0.4 is 9.64 Å². The van der Waals surface area contributed by atoms with Crippen LogP contribution >= 0.6 is 0 Å². The highest BCUT2D eigenvalue weighted by Gasteiger charge is 2.24. The average molecular weight is 426 g/mol. The molecule has 1 aromatic heterocycles. The zero-order valence-electron chi connectivity index (χ0n) is 18.5. The minimum Gasteiger partial charge on any atom is -0.485 e. The Morgan fingerprint density at radius 1 is 1.03 bits per heavy atom. The molecule has 1 aliphatic rings. The van der Waals surface area contributed by atoms with Crippen LogP contribution in [0.15, 0.2) is 66.7 Å². The second-order valence-electron chi connectivity index (χ2n) is 8.44. The van der Waals surface area contributed by atoms with Gasteiger partial charge in [-0.25, -0.2) is 4.98 Å². The molecule has 0 fully saturated rings. The van der Waals surface area contributed by atoms with Gasteiger partial charge in [0.15, 0.2) is 0 Å². The first-order valence-electron chi connectivity index (χ1n) is 11.1. The van der Waals surface area contributed by atoms with Gasteiger partial charge in [-0.1, -0.05) is 42.5 Å². The number of nitrogens with zero attached hydrogens (tertiary/aromatic N) is 3. The zero-order chi connectivity index (χ0) is 22.1. The summed E-state index contributed by atoms with van der Waals surface area (Å²) in [4.78, 5) is 20.1. The standard InChI is InChI=1S/C27H27N3O2/c1-19-13-14-20(2)25(16-19)32-18-26-28-22-10-4-6-12-24(22)30(26)17-27(31)29-15-7-9-21-8-3-5-11-23(21)29/h3-6,8,10-14,16H,7,9,15,17-18H2,1-2H3. The smallest absolute Gasteiger partial charge is 0.246 e. The first-order chi connectivity index (χ1) is 15.6. The first kappa shape index (κ1) is 20.3. The fraction of sp³-hybridized carbons (Fsp3) is 0.259. The lowest BCUT2D eigenvalue weighted by molar-refractivity contribution is -0.119. The van der Waals surface area contributed by atoms with E-state index in [-0.39, 0.29) is 12.5 Å². The van der Waals surface area contributed by atoms with Gasteiger partial charge < -0.3 is 14.2 Å². The van der Waals surface area contributed by atoms with Gasteiger partial charge >= 0.3 is 0 Å². The molecule has 5 rings (SSSR count). The summed E-state index contributed by atoms with van der Waals surface area (Å²) in [6.45, 7) is 5.38. The highest BCUT2D eigenvalue weighted by Crippen LogP contribution is 2.28. The minimum atomic E-state index is 0.0771. The Morgan fingerprint density at radius 2 is 1.84 bits per heavy atom. The predicted octanol–water partition coefficient (Wildman–Crippen LogP) is 5.21. The second-order valence-corrected chi connectivity index (χ2v) is 8.44. The van der Waals surface area contributed by atoms with E-state index in [9.17, 15) is 4.79 Å². The molecule has 4 aromatic rings. The van der Waals surface area contributed by atoms with Gasteiger partial charge in [0.2, 0.25) is 5.91 Å². The number of aromatic nitrogens is 2. The highest BCUT2D eigenvalue weighted by atomic mass is 16.5. The van der Waals surface area contributed by atoms with Crippen LogP contribution in [0.3, 0.4) is 0 Å². The number of ether oxygens (including phenoxy) is 1. The molecule has 2 heterocycles. The Balaban J connectivity index is 1.45. The number of hydrogen-bond acceptors (Lipinski definition) is 3. The molecule has 0 unspecified atom stereocenters. The molecule has 1 aliphatic heterocycles. The number of hydrogen-bond donors (Lipinski definition) is 0. The van der Waals surface area contributed by atoms with Gasteiger partial charge in [-0.05, 0) is 67.6 Å². The molecule has 0 spiro atoms. The maximum atomic E-state index is 13.4. The van der Waals surface area contributed by atoms with E-state index in [2.05, 4.69) is 25.1 Å². The Morgan fingerprint density at radius 3 is 2.75 bits per heavy atom. The summed E-state index contributed by atoms with van der Waals surface area (Å²) in [5.41, 5.74) is 6.32. The Kier molecular flexibility index (Phi) is 5.39. The molecule has 0 saturated heterocycles. The summed E-state index contributed by atoms with van der Waals surface area (Å²) in [5.74, 6) is 1.68. The van der Waals surface area contributed by atoms with Crippen molar-refractivity contribution in [3.63, 3.8) is 0 Å². The molecule has 3 aromatic carbocycles. The molecule has 162 valence electrons. The number of fused-ring (bicyclic) bond motifs is 2. The second kappa shape index (κ2) is 8.50. The number of carbonyl (C=O) groups excluding carboxylic acids is 1. The van der Waals surface area contributed by atoms with E-state index in [1.807, 2.05) is 64.9 Å². The Bertz CT molecular complexity index is 1290. The van der Waals surface area contributed by atoms with Gasteiger partial charge in [-0.15, -0.1) is 0 Å². The van der Waals surface area contributed by atoms with Gasteiger partial charge in [0, 0.05) is 12.2 Å². The fourth-order valence-electron chi connectivity index (χ4n) is 4.43. The molecule has 32 heavy (non-hydrogen) atoms. The fourth-order valence-corrected chi connectivity index (χ4v) is 4.43. The number of benzene rings is 3. The van der Waals surface area contributed by atoms with E-state index in [0.717, 1.165) is 58.8 Å². The van der Waals surface area contributed by atoms with Crippen LogP contribution in [0.4, 0.5) is 5.69 Å². The predicted molar refractivity (Wildman–Crippen MR) is 127 cm³/mol. The molecular formula is C27H27N3O2. The normalized spacial score (nSPS) is 13.2. The molecule has 1 amide bonds. The van der Waals surface area contributed by atoms with Crippen LogP contribution in [0.5, 0.6) is 5.75 Å². The lowest BCUT2D eigenvalue weighted by Crippen LogP contribution is -2.38. The van der Waals surface area contributed by atoms with Crippen molar-refractivity contribution in [2.24, 2.45) is 0 Å². The summed E-state index contributed by atoms with van der Waals surface area (Å²) in [6.07, 6.45) is 2.00. The van der Waals surface area contributed by atoms with Crippen LogP contribution in [0, 0.1) is 13.8 Å². The van der Waals surface area contributed by atoms with Crippen molar-refractivity contribution in [1.82, 2.24) is 9.55 Å². The molecule has 0 atom stereocenters. The topological polar surface area (TPSA) is 47.4 Å². The van der Waals surface area contributed by atoms with Crippen molar-refractivity contribution in [2.45, 2.75) is 39.8 Å². The van der Waals surface area contributed by atoms with Crippen molar-refractivity contribution >= 4 is 22.6 Å². The van der Waals surface area contributed by atoms with E-state index >= 15 is 0 Å². The molecule has 0 aliphatic carbocycles. The van der Waals surface area contributed by atoms with Crippen LogP contribution in [0.25, 0.3) is 11.0 Å². The number of para-hydroxylation sites is 3. The highest BCUT2D eigenvalue weighted by molar-refractivity contribution is 5.95. The summed E-state index contributed by atoms with van der Waals surface area (Å²) >= 11 is 0. The lowest BCUT2D eigenvalue weighted by atomic mass is 10.0.